The minimum atomic E-state index is -0.693. The van der Waals surface area contributed by atoms with Gasteiger partial charge in [-0.3, -0.25) is 4.90 Å². The molecule has 0 radical (unpaired) electrons. The Bertz CT molecular complexity index is 428. The summed E-state index contributed by atoms with van der Waals surface area (Å²) in [7, 11) is 0. The molecular weight excluding hydrogens is 296 g/mol. The van der Waals surface area contributed by atoms with Gasteiger partial charge in [-0.05, 0) is 46.5 Å². The number of carbonyl (C=O) groups excluding carboxylic acids is 1. The highest BCUT2D eigenvalue weighted by molar-refractivity contribution is 5.69. The fourth-order valence-electron chi connectivity index (χ4n) is 4.24. The lowest BCUT2D eigenvalue weighted by Gasteiger charge is -2.46. The number of hydrogen-bond acceptors (Lipinski definition) is 5. The van der Waals surface area contributed by atoms with Gasteiger partial charge < -0.3 is 19.5 Å². The third kappa shape index (κ3) is 3.98. The average molecular weight is 326 g/mol. The molecule has 0 aromatic rings. The van der Waals surface area contributed by atoms with E-state index in [0.717, 1.165) is 39.1 Å². The van der Waals surface area contributed by atoms with Crippen LogP contribution >= 0.6 is 0 Å². The lowest BCUT2D eigenvalue weighted by atomic mass is 9.85. The van der Waals surface area contributed by atoms with E-state index < -0.39 is 11.2 Å². The Hall–Kier alpha value is -0.850. The SMILES string of the molecule is CC(C)(C)OC(=O)N1[C@@H]2CC[C@H]1CC(O)(CN1CCOCC1)C2. The van der Waals surface area contributed by atoms with Crippen LogP contribution in [0.5, 0.6) is 0 Å². The van der Waals surface area contributed by atoms with E-state index in [1.165, 1.54) is 0 Å². The highest BCUT2D eigenvalue weighted by Gasteiger charge is 2.50. The van der Waals surface area contributed by atoms with Crippen LogP contribution in [0.1, 0.15) is 46.5 Å². The molecule has 0 aliphatic carbocycles. The van der Waals surface area contributed by atoms with Crippen LogP contribution in [0.25, 0.3) is 0 Å². The second-order valence-corrected chi connectivity index (χ2v) is 8.29. The fraction of sp³-hybridized carbons (Fsp3) is 0.941. The number of nitrogens with zero attached hydrogens (tertiary/aromatic N) is 2. The van der Waals surface area contributed by atoms with Crippen LogP contribution in [0.15, 0.2) is 0 Å². The molecule has 3 fully saturated rings. The number of hydrogen-bond donors (Lipinski definition) is 1. The second kappa shape index (κ2) is 6.22. The zero-order valence-corrected chi connectivity index (χ0v) is 14.6. The lowest BCUT2D eigenvalue weighted by Crippen LogP contribution is -2.58. The van der Waals surface area contributed by atoms with E-state index in [0.29, 0.717) is 19.4 Å². The molecule has 0 aromatic heterocycles. The molecule has 1 amide bonds. The Morgan fingerprint density at radius 2 is 1.78 bits per heavy atom. The van der Waals surface area contributed by atoms with E-state index in [-0.39, 0.29) is 18.2 Å². The maximum absolute atomic E-state index is 12.5. The highest BCUT2D eigenvalue weighted by atomic mass is 16.6. The summed E-state index contributed by atoms with van der Waals surface area (Å²) in [5.41, 5.74) is -1.17. The average Bonchev–Trinajstić information content (AvgIpc) is 2.71. The molecule has 132 valence electrons. The molecule has 3 atom stereocenters. The molecule has 6 nitrogen and oxygen atoms in total. The predicted molar refractivity (Wildman–Crippen MR) is 86.3 cm³/mol. The van der Waals surface area contributed by atoms with E-state index >= 15 is 0 Å². The van der Waals surface area contributed by atoms with E-state index in [1.807, 2.05) is 25.7 Å². The van der Waals surface area contributed by atoms with Gasteiger partial charge in [0.1, 0.15) is 5.60 Å². The molecule has 3 aliphatic rings. The van der Waals surface area contributed by atoms with Gasteiger partial charge in [0.25, 0.3) is 0 Å². The van der Waals surface area contributed by atoms with Crippen molar-refractivity contribution >= 4 is 6.09 Å². The third-order valence-corrected chi connectivity index (χ3v) is 5.08. The van der Waals surface area contributed by atoms with Gasteiger partial charge in [-0.1, -0.05) is 0 Å². The van der Waals surface area contributed by atoms with Gasteiger partial charge >= 0.3 is 6.09 Å². The summed E-state index contributed by atoms with van der Waals surface area (Å²) in [6.45, 7) is 9.62. The third-order valence-electron chi connectivity index (χ3n) is 5.08. The van der Waals surface area contributed by atoms with Gasteiger partial charge in [-0.25, -0.2) is 4.79 Å². The van der Waals surface area contributed by atoms with Crippen LogP contribution in [0.4, 0.5) is 4.79 Å². The molecule has 6 heteroatoms. The van der Waals surface area contributed by atoms with Crippen molar-refractivity contribution in [1.82, 2.24) is 9.80 Å². The number of morpholine rings is 1. The van der Waals surface area contributed by atoms with Crippen LogP contribution in [0.3, 0.4) is 0 Å². The summed E-state index contributed by atoms with van der Waals surface area (Å²) in [6, 6.07) is 0.212. The van der Waals surface area contributed by atoms with Crippen LogP contribution in [-0.2, 0) is 9.47 Å². The van der Waals surface area contributed by atoms with Crippen molar-refractivity contribution in [1.29, 1.82) is 0 Å². The van der Waals surface area contributed by atoms with Gasteiger partial charge in [-0.2, -0.15) is 0 Å². The first-order valence-electron chi connectivity index (χ1n) is 8.80. The molecule has 23 heavy (non-hydrogen) atoms. The minimum absolute atomic E-state index is 0.106. The molecular formula is C17H30N2O4. The molecule has 0 aromatic carbocycles. The van der Waals surface area contributed by atoms with E-state index in [4.69, 9.17) is 9.47 Å². The summed E-state index contributed by atoms with van der Waals surface area (Å²) in [6.07, 6.45) is 3.02. The van der Waals surface area contributed by atoms with Crippen molar-refractivity contribution in [3.8, 4) is 0 Å². The van der Waals surface area contributed by atoms with Crippen LogP contribution < -0.4 is 0 Å². The number of ether oxygens (including phenoxy) is 2. The zero-order valence-electron chi connectivity index (χ0n) is 14.6. The number of aliphatic hydroxyl groups is 1. The van der Waals surface area contributed by atoms with Crippen molar-refractivity contribution in [2.75, 3.05) is 32.8 Å². The molecule has 3 aliphatic heterocycles. The van der Waals surface area contributed by atoms with E-state index in [9.17, 15) is 9.90 Å². The molecule has 1 unspecified atom stereocenters. The Morgan fingerprint density at radius 1 is 1.22 bits per heavy atom. The van der Waals surface area contributed by atoms with Gasteiger partial charge in [-0.15, -0.1) is 0 Å². The summed E-state index contributed by atoms with van der Waals surface area (Å²) in [5.74, 6) is 0. The first kappa shape index (κ1) is 17.0. The fourth-order valence-corrected chi connectivity index (χ4v) is 4.24. The number of piperidine rings is 1. The smallest absolute Gasteiger partial charge is 0.410 e. The van der Waals surface area contributed by atoms with Crippen molar-refractivity contribution in [2.24, 2.45) is 0 Å². The molecule has 3 rings (SSSR count). The second-order valence-electron chi connectivity index (χ2n) is 8.29. The zero-order chi connectivity index (χ0) is 16.7. The highest BCUT2D eigenvalue weighted by Crippen LogP contribution is 2.42. The van der Waals surface area contributed by atoms with E-state index in [2.05, 4.69) is 4.90 Å². The first-order chi connectivity index (χ1) is 10.8. The first-order valence-corrected chi connectivity index (χ1v) is 8.80. The van der Waals surface area contributed by atoms with Crippen LogP contribution in [-0.4, -0.2) is 77.1 Å². The van der Waals surface area contributed by atoms with Crippen molar-refractivity contribution in [2.45, 2.75) is 69.7 Å². The molecule has 0 spiro atoms. The number of amides is 1. The standard InChI is InChI=1S/C17H30N2O4/c1-16(2,3)23-15(20)19-13-4-5-14(19)11-17(21,10-13)12-18-6-8-22-9-7-18/h13-14,21H,4-12H2,1-3H3/t13-,14+,17?. The molecule has 0 saturated carbocycles. The normalized spacial score (nSPS) is 35.4. The summed E-state index contributed by atoms with van der Waals surface area (Å²) in [4.78, 5) is 16.6. The van der Waals surface area contributed by atoms with E-state index in [1.54, 1.807) is 0 Å². The molecule has 3 heterocycles. The Morgan fingerprint density at radius 3 is 2.30 bits per heavy atom. The maximum Gasteiger partial charge on any atom is 0.410 e. The van der Waals surface area contributed by atoms with Crippen LogP contribution in [0, 0.1) is 0 Å². The van der Waals surface area contributed by atoms with Crippen LogP contribution in [0.2, 0.25) is 0 Å². The largest absolute Gasteiger partial charge is 0.444 e. The Kier molecular flexibility index (Phi) is 4.60. The number of β-amino-alcohol motifs (C(OH)–C–C–N with tert-alkyl or cyclic N) is 1. The lowest BCUT2D eigenvalue weighted by molar-refractivity contribution is -0.0844. The van der Waals surface area contributed by atoms with Gasteiger partial charge in [0.2, 0.25) is 0 Å². The molecule has 1 N–H and O–H groups in total. The van der Waals surface area contributed by atoms with Crippen molar-refractivity contribution in [3.63, 3.8) is 0 Å². The Labute approximate surface area is 138 Å². The van der Waals surface area contributed by atoms with Gasteiger partial charge in [0, 0.05) is 31.7 Å². The topological polar surface area (TPSA) is 62.2 Å². The molecule has 3 saturated heterocycles. The summed E-state index contributed by atoms with van der Waals surface area (Å²) >= 11 is 0. The number of carbonyl (C=O) groups is 1. The van der Waals surface area contributed by atoms with Crippen molar-refractivity contribution < 1.29 is 19.4 Å². The quantitative estimate of drug-likeness (QED) is 0.835. The summed E-state index contributed by atoms with van der Waals surface area (Å²) < 4.78 is 10.9. The van der Waals surface area contributed by atoms with Gasteiger partial charge in [0.05, 0.1) is 18.8 Å². The molecule has 2 bridgehead atoms. The number of rotatable bonds is 2. The predicted octanol–water partition coefficient (Wildman–Crippen LogP) is 1.61. The van der Waals surface area contributed by atoms with Crippen molar-refractivity contribution in [3.05, 3.63) is 0 Å². The number of fused-ring (bicyclic) bond motifs is 2. The minimum Gasteiger partial charge on any atom is -0.444 e. The Balaban J connectivity index is 1.62. The van der Waals surface area contributed by atoms with Gasteiger partial charge in [0.15, 0.2) is 0 Å². The monoisotopic (exact) mass is 326 g/mol. The maximum atomic E-state index is 12.5. The summed E-state index contributed by atoms with van der Waals surface area (Å²) in [5, 5.41) is 11.1.